The maximum atomic E-state index is 12.2. The Hall–Kier alpha value is -2.32. The number of amides is 1. The summed E-state index contributed by atoms with van der Waals surface area (Å²) in [6, 6.07) is 10.8. The number of esters is 1. The highest BCUT2D eigenvalue weighted by Crippen LogP contribution is 2.26. The van der Waals surface area contributed by atoms with Gasteiger partial charge in [-0.15, -0.1) is 0 Å². The molecule has 2 aromatic rings. The van der Waals surface area contributed by atoms with Gasteiger partial charge in [0.05, 0.1) is 0 Å². The summed E-state index contributed by atoms with van der Waals surface area (Å²) in [7, 11) is 0. The Morgan fingerprint density at radius 3 is 2.48 bits per heavy atom. The van der Waals surface area contributed by atoms with Crippen molar-refractivity contribution in [2.75, 3.05) is 18.5 Å². The molecule has 0 aliphatic rings. The zero-order chi connectivity index (χ0) is 19.8. The number of hydrogen-bond acceptors (Lipinski definition) is 5. The van der Waals surface area contributed by atoms with E-state index in [1.165, 1.54) is 24.3 Å². The number of anilines is 1. The Morgan fingerprint density at radius 2 is 1.85 bits per heavy atom. The van der Waals surface area contributed by atoms with E-state index >= 15 is 0 Å². The number of alkyl halides is 2. The normalized spacial score (nSPS) is 10.6. The minimum Gasteiger partial charge on any atom is -0.482 e. The molecule has 0 radical (unpaired) electrons. The average molecular weight is 416 g/mol. The van der Waals surface area contributed by atoms with Crippen LogP contribution in [0.25, 0.3) is 0 Å². The van der Waals surface area contributed by atoms with E-state index in [0.717, 1.165) is 5.56 Å². The molecule has 2 aromatic carbocycles. The van der Waals surface area contributed by atoms with Crippen LogP contribution in [0.2, 0.25) is 5.02 Å². The van der Waals surface area contributed by atoms with E-state index in [0.29, 0.717) is 33.1 Å². The van der Waals surface area contributed by atoms with Crippen molar-refractivity contribution < 1.29 is 27.8 Å². The highest BCUT2D eigenvalue weighted by atomic mass is 35.5. The first kappa shape index (κ1) is 21.0. The highest BCUT2D eigenvalue weighted by molar-refractivity contribution is 7.99. The molecule has 0 saturated carbocycles. The lowest BCUT2D eigenvalue weighted by atomic mass is 10.2. The second kappa shape index (κ2) is 10.1. The third kappa shape index (κ3) is 7.44. The van der Waals surface area contributed by atoms with Crippen LogP contribution in [-0.2, 0) is 14.3 Å². The molecule has 0 atom stereocenters. The predicted molar refractivity (Wildman–Crippen MR) is 99.6 cm³/mol. The van der Waals surface area contributed by atoms with Crippen LogP contribution >= 0.6 is 23.4 Å². The van der Waals surface area contributed by atoms with Gasteiger partial charge in [0.15, 0.2) is 13.2 Å². The van der Waals surface area contributed by atoms with Gasteiger partial charge in [-0.2, -0.15) is 8.78 Å². The molecule has 0 aliphatic carbocycles. The molecule has 1 N–H and O–H groups in total. The van der Waals surface area contributed by atoms with E-state index < -0.39 is 24.2 Å². The first-order valence-corrected chi connectivity index (χ1v) is 8.98. The molecule has 1 amide bonds. The first-order valence-electron chi connectivity index (χ1n) is 7.73. The largest absolute Gasteiger partial charge is 0.482 e. The van der Waals surface area contributed by atoms with Crippen molar-refractivity contribution in [1.29, 1.82) is 0 Å². The molecule has 0 aromatic heterocycles. The summed E-state index contributed by atoms with van der Waals surface area (Å²) < 4.78 is 34.6. The molecular weight excluding hydrogens is 400 g/mol. The Kier molecular flexibility index (Phi) is 7.87. The minimum atomic E-state index is -2.51. The van der Waals surface area contributed by atoms with Gasteiger partial charge in [0.1, 0.15) is 5.75 Å². The lowest BCUT2D eigenvalue weighted by molar-refractivity contribution is -0.149. The fourth-order valence-electron chi connectivity index (χ4n) is 1.95. The number of nitrogens with one attached hydrogen (secondary N) is 1. The van der Waals surface area contributed by atoms with Crippen LogP contribution in [0.3, 0.4) is 0 Å². The van der Waals surface area contributed by atoms with Crippen molar-refractivity contribution in [3.8, 4) is 5.75 Å². The molecule has 144 valence electrons. The number of rotatable bonds is 8. The molecule has 0 aliphatic heterocycles. The monoisotopic (exact) mass is 415 g/mol. The summed E-state index contributed by atoms with van der Waals surface area (Å²) in [4.78, 5) is 23.8. The van der Waals surface area contributed by atoms with Gasteiger partial charge in [0, 0.05) is 15.6 Å². The van der Waals surface area contributed by atoms with Crippen molar-refractivity contribution >= 4 is 40.9 Å². The summed E-state index contributed by atoms with van der Waals surface area (Å²) in [6.45, 7) is 0.958. The Bertz CT molecular complexity index is 802. The van der Waals surface area contributed by atoms with Crippen LogP contribution in [0, 0.1) is 6.92 Å². The molecule has 0 saturated heterocycles. The van der Waals surface area contributed by atoms with E-state index in [1.54, 1.807) is 25.1 Å². The molecule has 0 spiro atoms. The molecule has 0 heterocycles. The number of aryl methyl sites for hydroxylation is 1. The molecule has 9 heteroatoms. The van der Waals surface area contributed by atoms with Crippen molar-refractivity contribution in [3.63, 3.8) is 0 Å². The van der Waals surface area contributed by atoms with Crippen LogP contribution in [0.5, 0.6) is 5.75 Å². The van der Waals surface area contributed by atoms with Gasteiger partial charge in [-0.25, -0.2) is 4.79 Å². The maximum absolute atomic E-state index is 12.2. The van der Waals surface area contributed by atoms with Gasteiger partial charge in [-0.1, -0.05) is 23.4 Å². The summed E-state index contributed by atoms with van der Waals surface area (Å²) in [5.41, 5.74) is 1.21. The second-order valence-corrected chi connectivity index (χ2v) is 6.78. The zero-order valence-corrected chi connectivity index (χ0v) is 15.8. The van der Waals surface area contributed by atoms with Gasteiger partial charge in [-0.05, 0) is 55.0 Å². The lowest BCUT2D eigenvalue weighted by Gasteiger charge is -2.09. The third-order valence-corrected chi connectivity index (χ3v) is 4.36. The van der Waals surface area contributed by atoms with Crippen LogP contribution in [0.1, 0.15) is 5.56 Å². The maximum Gasteiger partial charge on any atom is 0.344 e. The number of carbonyl (C=O) groups excluding carboxylic acids is 2. The van der Waals surface area contributed by atoms with E-state index in [1.807, 2.05) is 0 Å². The smallest absolute Gasteiger partial charge is 0.344 e. The molecule has 0 unspecified atom stereocenters. The molecule has 5 nitrogen and oxygen atoms in total. The van der Waals surface area contributed by atoms with Crippen LogP contribution < -0.4 is 10.1 Å². The third-order valence-electron chi connectivity index (χ3n) is 3.21. The Balaban J connectivity index is 1.72. The van der Waals surface area contributed by atoms with E-state index in [2.05, 4.69) is 5.32 Å². The van der Waals surface area contributed by atoms with Crippen molar-refractivity contribution in [1.82, 2.24) is 0 Å². The molecule has 0 bridgehead atoms. The Morgan fingerprint density at radius 1 is 1.15 bits per heavy atom. The average Bonchev–Trinajstić information content (AvgIpc) is 2.62. The summed E-state index contributed by atoms with van der Waals surface area (Å²) in [5, 5.41) is 3.08. The number of thioether (sulfide) groups is 1. The molecule has 27 heavy (non-hydrogen) atoms. The number of halogens is 3. The predicted octanol–water partition coefficient (Wildman–Crippen LogP) is 4.52. The van der Waals surface area contributed by atoms with Gasteiger partial charge in [0.25, 0.3) is 11.7 Å². The number of hydrogen-bond donors (Lipinski definition) is 1. The quantitative estimate of drug-likeness (QED) is 0.507. The highest BCUT2D eigenvalue weighted by Gasteiger charge is 2.10. The van der Waals surface area contributed by atoms with E-state index in [-0.39, 0.29) is 6.61 Å². The zero-order valence-electron chi connectivity index (χ0n) is 14.2. The summed E-state index contributed by atoms with van der Waals surface area (Å²) >= 11 is 6.31. The SMILES string of the molecule is Cc1cc(OCC(=O)OCC(=O)Nc2ccc(SC(F)F)cc2)ccc1Cl. The van der Waals surface area contributed by atoms with Gasteiger partial charge >= 0.3 is 5.97 Å². The molecule has 2 rings (SSSR count). The van der Waals surface area contributed by atoms with E-state index in [9.17, 15) is 18.4 Å². The van der Waals surface area contributed by atoms with Gasteiger partial charge < -0.3 is 14.8 Å². The van der Waals surface area contributed by atoms with Crippen molar-refractivity contribution in [2.24, 2.45) is 0 Å². The minimum absolute atomic E-state index is 0.353. The molecular formula is C18H16ClF2NO4S. The number of carbonyl (C=O) groups is 2. The first-order chi connectivity index (χ1) is 12.8. The Labute approximate surface area is 164 Å². The van der Waals surface area contributed by atoms with Crippen molar-refractivity contribution in [3.05, 3.63) is 53.1 Å². The molecule has 0 fully saturated rings. The fraction of sp³-hybridized carbons (Fsp3) is 0.222. The second-order valence-electron chi connectivity index (χ2n) is 5.31. The summed E-state index contributed by atoms with van der Waals surface area (Å²) in [6.07, 6.45) is 0. The number of ether oxygens (including phenoxy) is 2. The van der Waals surface area contributed by atoms with Gasteiger partial charge in [-0.3, -0.25) is 4.79 Å². The van der Waals surface area contributed by atoms with Crippen LogP contribution in [0.15, 0.2) is 47.4 Å². The topological polar surface area (TPSA) is 64.6 Å². The fourth-order valence-corrected chi connectivity index (χ4v) is 2.57. The van der Waals surface area contributed by atoms with E-state index in [4.69, 9.17) is 21.1 Å². The lowest BCUT2D eigenvalue weighted by Crippen LogP contribution is -2.23. The summed E-state index contributed by atoms with van der Waals surface area (Å²) in [5.74, 6) is -3.31. The van der Waals surface area contributed by atoms with Crippen LogP contribution in [0.4, 0.5) is 14.5 Å². The number of benzene rings is 2. The standard InChI is InChI=1S/C18H16ClF2NO4S/c1-11-8-13(4-7-15(11)19)25-10-17(24)26-9-16(23)22-12-2-5-14(6-3-12)27-18(20)21/h2-8,18H,9-10H2,1H3,(H,22,23). The van der Waals surface area contributed by atoms with Gasteiger partial charge in [0.2, 0.25) is 0 Å². The van der Waals surface area contributed by atoms with Crippen molar-refractivity contribution in [2.45, 2.75) is 17.6 Å². The van der Waals surface area contributed by atoms with Crippen LogP contribution in [-0.4, -0.2) is 30.8 Å².